The molecule has 0 amide bonds. The molecule has 0 radical (unpaired) electrons. The predicted octanol–water partition coefficient (Wildman–Crippen LogP) is 3.32. The summed E-state index contributed by atoms with van der Waals surface area (Å²) in [7, 11) is 0. The van der Waals surface area contributed by atoms with Gasteiger partial charge >= 0.3 is 0 Å². The molecule has 0 unspecified atom stereocenters. The lowest BCUT2D eigenvalue weighted by molar-refractivity contribution is 0.0685. The largest absolute Gasteiger partial charge is 0.369 e. The quantitative estimate of drug-likeness (QED) is 0.568. The Bertz CT molecular complexity index is 254. The fourth-order valence-corrected chi connectivity index (χ4v) is 3.79. The zero-order valence-corrected chi connectivity index (χ0v) is 9.21. The molecule has 3 rings (SSSR count). The van der Waals surface area contributed by atoms with E-state index in [0.29, 0.717) is 0 Å². The number of allylic oxidation sites excluding steroid dienone is 2. The standard InChI is InChI=1S/C13H21N/c1-10-8-12-6-2-4-11-5-3-7-13(9-10)14(11)12/h8,10-11,13H,2-7,9H2,1H3/t10-,11+,13-/m1/s1. The SMILES string of the molecule is C[C@@H]1C=C2CCC[C@H]3CCC[C@H](C1)N23. The summed E-state index contributed by atoms with van der Waals surface area (Å²) in [6.45, 7) is 2.39. The van der Waals surface area contributed by atoms with Gasteiger partial charge < -0.3 is 4.90 Å². The molecule has 2 fully saturated rings. The average molecular weight is 191 g/mol. The third-order valence-electron chi connectivity index (χ3n) is 4.28. The fraction of sp³-hybridized carbons (Fsp3) is 0.846. The first-order valence-electron chi connectivity index (χ1n) is 6.33. The monoisotopic (exact) mass is 191 g/mol. The van der Waals surface area contributed by atoms with E-state index in [1.54, 1.807) is 5.70 Å². The first kappa shape index (κ1) is 8.82. The van der Waals surface area contributed by atoms with Crippen LogP contribution in [-0.2, 0) is 0 Å². The highest BCUT2D eigenvalue weighted by molar-refractivity contribution is 5.14. The van der Waals surface area contributed by atoms with Gasteiger partial charge in [-0.1, -0.05) is 13.0 Å². The minimum absolute atomic E-state index is 0.836. The number of hydrogen-bond acceptors (Lipinski definition) is 1. The second-order valence-corrected chi connectivity index (χ2v) is 5.41. The fourth-order valence-electron chi connectivity index (χ4n) is 3.79. The maximum absolute atomic E-state index is 2.80. The van der Waals surface area contributed by atoms with E-state index in [1.807, 2.05) is 0 Å². The number of nitrogens with zero attached hydrogens (tertiary/aromatic N) is 1. The molecule has 3 aliphatic heterocycles. The average Bonchev–Trinajstić information content (AvgIpc) is 2.18. The van der Waals surface area contributed by atoms with Gasteiger partial charge in [0.05, 0.1) is 0 Å². The van der Waals surface area contributed by atoms with Crippen molar-refractivity contribution in [1.29, 1.82) is 0 Å². The van der Waals surface area contributed by atoms with E-state index in [0.717, 1.165) is 18.0 Å². The second kappa shape index (κ2) is 3.29. The summed E-state index contributed by atoms with van der Waals surface area (Å²) in [6, 6.07) is 1.82. The van der Waals surface area contributed by atoms with Gasteiger partial charge in [0.1, 0.15) is 0 Å². The molecule has 0 aromatic carbocycles. The van der Waals surface area contributed by atoms with E-state index in [9.17, 15) is 0 Å². The first-order chi connectivity index (χ1) is 6.84. The van der Waals surface area contributed by atoms with Gasteiger partial charge in [-0.3, -0.25) is 0 Å². The summed E-state index contributed by atoms with van der Waals surface area (Å²) in [5.74, 6) is 0.836. The van der Waals surface area contributed by atoms with Gasteiger partial charge in [0, 0.05) is 17.8 Å². The van der Waals surface area contributed by atoms with Crippen LogP contribution in [-0.4, -0.2) is 17.0 Å². The van der Waals surface area contributed by atoms with Gasteiger partial charge in [-0.25, -0.2) is 0 Å². The molecule has 2 saturated heterocycles. The van der Waals surface area contributed by atoms with Crippen molar-refractivity contribution in [3.05, 3.63) is 11.8 Å². The van der Waals surface area contributed by atoms with Gasteiger partial charge in [0.2, 0.25) is 0 Å². The highest BCUT2D eigenvalue weighted by Crippen LogP contribution is 2.41. The van der Waals surface area contributed by atoms with Gasteiger partial charge in [-0.05, 0) is 50.9 Å². The van der Waals surface area contributed by atoms with Crippen molar-refractivity contribution in [3.8, 4) is 0 Å². The summed E-state index contributed by atoms with van der Waals surface area (Å²) in [5.41, 5.74) is 1.70. The summed E-state index contributed by atoms with van der Waals surface area (Å²) in [4.78, 5) is 2.80. The number of hydrogen-bond donors (Lipinski definition) is 0. The Morgan fingerprint density at radius 3 is 2.86 bits per heavy atom. The summed E-state index contributed by atoms with van der Waals surface area (Å²) >= 11 is 0. The van der Waals surface area contributed by atoms with Crippen LogP contribution in [0.1, 0.15) is 51.9 Å². The van der Waals surface area contributed by atoms with Crippen molar-refractivity contribution in [1.82, 2.24) is 4.90 Å². The molecule has 14 heavy (non-hydrogen) atoms. The highest BCUT2D eigenvalue weighted by Gasteiger charge is 2.36. The normalized spacial score (nSPS) is 41.6. The van der Waals surface area contributed by atoms with E-state index in [2.05, 4.69) is 17.9 Å². The molecule has 0 aromatic heterocycles. The molecular weight excluding hydrogens is 170 g/mol. The molecule has 1 nitrogen and oxygen atoms in total. The first-order valence-corrected chi connectivity index (χ1v) is 6.33. The summed E-state index contributed by atoms with van der Waals surface area (Å²) in [6.07, 6.45) is 12.6. The lowest BCUT2D eigenvalue weighted by Gasteiger charge is -2.51. The molecule has 78 valence electrons. The van der Waals surface area contributed by atoms with Crippen LogP contribution in [0, 0.1) is 5.92 Å². The molecule has 0 spiro atoms. The van der Waals surface area contributed by atoms with Crippen molar-refractivity contribution < 1.29 is 0 Å². The Labute approximate surface area is 87.2 Å². The minimum Gasteiger partial charge on any atom is -0.369 e. The molecular formula is C13H21N. The Balaban J connectivity index is 1.92. The molecule has 0 bridgehead atoms. The van der Waals surface area contributed by atoms with E-state index in [1.165, 1.54) is 44.9 Å². The molecule has 3 heterocycles. The van der Waals surface area contributed by atoms with E-state index in [-0.39, 0.29) is 0 Å². The van der Waals surface area contributed by atoms with Crippen molar-refractivity contribution in [2.24, 2.45) is 5.92 Å². The predicted molar refractivity (Wildman–Crippen MR) is 59.0 cm³/mol. The maximum Gasteiger partial charge on any atom is 0.0295 e. The van der Waals surface area contributed by atoms with Gasteiger partial charge in [-0.15, -0.1) is 0 Å². The molecule has 0 aliphatic carbocycles. The van der Waals surface area contributed by atoms with Crippen molar-refractivity contribution in [2.75, 3.05) is 0 Å². The molecule has 3 aliphatic rings. The lowest BCUT2D eigenvalue weighted by atomic mass is 9.80. The van der Waals surface area contributed by atoms with Crippen LogP contribution in [0.2, 0.25) is 0 Å². The van der Waals surface area contributed by atoms with Crippen LogP contribution in [0.5, 0.6) is 0 Å². The van der Waals surface area contributed by atoms with Gasteiger partial charge in [0.15, 0.2) is 0 Å². The van der Waals surface area contributed by atoms with Crippen molar-refractivity contribution in [2.45, 2.75) is 64.0 Å². The zero-order valence-electron chi connectivity index (χ0n) is 9.21. The molecule has 0 saturated carbocycles. The lowest BCUT2D eigenvalue weighted by Crippen LogP contribution is -2.50. The van der Waals surface area contributed by atoms with Gasteiger partial charge in [0.25, 0.3) is 0 Å². The van der Waals surface area contributed by atoms with Crippen LogP contribution in [0.3, 0.4) is 0 Å². The van der Waals surface area contributed by atoms with Crippen LogP contribution < -0.4 is 0 Å². The number of rotatable bonds is 0. The van der Waals surface area contributed by atoms with E-state index < -0.39 is 0 Å². The van der Waals surface area contributed by atoms with Crippen LogP contribution in [0.4, 0.5) is 0 Å². The Kier molecular flexibility index (Phi) is 2.07. The molecule has 1 heteroatoms. The molecule has 0 aromatic rings. The van der Waals surface area contributed by atoms with E-state index in [4.69, 9.17) is 0 Å². The van der Waals surface area contributed by atoms with Crippen LogP contribution >= 0.6 is 0 Å². The van der Waals surface area contributed by atoms with Crippen molar-refractivity contribution >= 4 is 0 Å². The van der Waals surface area contributed by atoms with Crippen LogP contribution in [0.25, 0.3) is 0 Å². The third kappa shape index (κ3) is 1.29. The van der Waals surface area contributed by atoms with Crippen LogP contribution in [0.15, 0.2) is 11.8 Å². The highest BCUT2D eigenvalue weighted by atomic mass is 15.2. The Morgan fingerprint density at radius 2 is 1.93 bits per heavy atom. The second-order valence-electron chi connectivity index (χ2n) is 5.41. The smallest absolute Gasteiger partial charge is 0.0295 e. The summed E-state index contributed by atoms with van der Waals surface area (Å²) < 4.78 is 0. The summed E-state index contributed by atoms with van der Waals surface area (Å²) in [5, 5.41) is 0. The number of piperidine rings is 2. The Hall–Kier alpha value is -0.460. The molecule has 0 N–H and O–H groups in total. The maximum atomic E-state index is 2.80. The zero-order chi connectivity index (χ0) is 9.54. The third-order valence-corrected chi connectivity index (χ3v) is 4.28. The van der Waals surface area contributed by atoms with E-state index >= 15 is 0 Å². The molecule has 3 atom stereocenters. The van der Waals surface area contributed by atoms with Crippen molar-refractivity contribution in [3.63, 3.8) is 0 Å². The minimum atomic E-state index is 0.836. The Morgan fingerprint density at radius 1 is 1.14 bits per heavy atom. The topological polar surface area (TPSA) is 3.24 Å². The van der Waals surface area contributed by atoms with Gasteiger partial charge in [-0.2, -0.15) is 0 Å².